The van der Waals surface area contributed by atoms with Gasteiger partial charge in [-0.05, 0) is 26.3 Å². The maximum atomic E-state index is 11.5. The van der Waals surface area contributed by atoms with Crippen molar-refractivity contribution in [2.75, 3.05) is 13.1 Å². The van der Waals surface area contributed by atoms with Crippen molar-refractivity contribution in [1.29, 1.82) is 0 Å². The second kappa shape index (κ2) is 5.27. The summed E-state index contributed by atoms with van der Waals surface area (Å²) in [7, 11) is 0. The topological polar surface area (TPSA) is 98.7 Å². The van der Waals surface area contributed by atoms with Crippen LogP contribution in [-0.4, -0.2) is 46.8 Å². The minimum atomic E-state index is -1.40. The van der Waals surface area contributed by atoms with Crippen LogP contribution >= 0.6 is 0 Å². The van der Waals surface area contributed by atoms with Crippen molar-refractivity contribution < 1.29 is 19.8 Å². The second-order valence-corrected chi connectivity index (χ2v) is 4.43. The number of carbonyl (C=O) groups is 2. The number of amides is 1. The monoisotopic (exact) mass is 230 g/mol. The summed E-state index contributed by atoms with van der Waals surface area (Å²) in [5.74, 6) is -1.26. The average molecular weight is 230 g/mol. The number of hydrogen-bond donors (Lipinski definition) is 4. The van der Waals surface area contributed by atoms with Crippen LogP contribution in [-0.2, 0) is 9.59 Å². The van der Waals surface area contributed by atoms with Gasteiger partial charge in [0, 0.05) is 6.54 Å². The van der Waals surface area contributed by atoms with Crippen LogP contribution in [0.4, 0.5) is 0 Å². The van der Waals surface area contributed by atoms with Crippen molar-refractivity contribution in [3.8, 4) is 0 Å². The Balaban J connectivity index is 2.32. The molecule has 0 spiro atoms. The predicted molar refractivity (Wildman–Crippen MR) is 56.9 cm³/mol. The first kappa shape index (κ1) is 12.9. The minimum Gasteiger partial charge on any atom is -0.481 e. The summed E-state index contributed by atoms with van der Waals surface area (Å²) < 4.78 is 0. The highest BCUT2D eigenvalue weighted by Crippen LogP contribution is 2.09. The van der Waals surface area contributed by atoms with E-state index in [4.69, 9.17) is 5.11 Å². The van der Waals surface area contributed by atoms with Crippen LogP contribution in [0.1, 0.15) is 26.2 Å². The number of hydrogen-bond acceptors (Lipinski definition) is 4. The molecular weight excluding hydrogens is 212 g/mol. The third-order valence-corrected chi connectivity index (χ3v) is 2.55. The normalized spacial score (nSPS) is 23.8. The lowest BCUT2D eigenvalue weighted by atomic mass is 10.0. The first-order valence-electron chi connectivity index (χ1n) is 5.36. The van der Waals surface area contributed by atoms with Crippen LogP contribution in [0.15, 0.2) is 0 Å². The fraction of sp³-hybridized carbons (Fsp3) is 0.800. The van der Waals surface area contributed by atoms with E-state index in [2.05, 4.69) is 10.6 Å². The fourth-order valence-corrected chi connectivity index (χ4v) is 1.70. The quantitative estimate of drug-likeness (QED) is 0.489. The van der Waals surface area contributed by atoms with E-state index in [1.165, 1.54) is 6.92 Å². The van der Waals surface area contributed by atoms with Crippen LogP contribution in [0.2, 0.25) is 0 Å². The van der Waals surface area contributed by atoms with Gasteiger partial charge >= 0.3 is 5.97 Å². The summed E-state index contributed by atoms with van der Waals surface area (Å²) in [5, 5.41) is 23.8. The van der Waals surface area contributed by atoms with Gasteiger partial charge in [0.2, 0.25) is 5.91 Å². The standard InChI is InChI=1S/C10H18N2O4/c1-10(16,5-8(13)14)6-12-9(15)7-3-2-4-11-7/h7,11,16H,2-6H2,1H3,(H,12,15)(H,13,14)/t7-,10?/m1/s1. The van der Waals surface area contributed by atoms with Crippen molar-refractivity contribution in [3.63, 3.8) is 0 Å². The fourth-order valence-electron chi connectivity index (χ4n) is 1.70. The highest BCUT2D eigenvalue weighted by molar-refractivity contribution is 5.82. The molecule has 0 aromatic carbocycles. The Morgan fingerprint density at radius 3 is 2.75 bits per heavy atom. The lowest BCUT2D eigenvalue weighted by Gasteiger charge is -2.22. The molecule has 0 saturated carbocycles. The second-order valence-electron chi connectivity index (χ2n) is 4.43. The van der Waals surface area contributed by atoms with E-state index < -0.39 is 11.6 Å². The van der Waals surface area contributed by atoms with Crippen LogP contribution in [0.25, 0.3) is 0 Å². The van der Waals surface area contributed by atoms with Crippen LogP contribution in [0.5, 0.6) is 0 Å². The minimum absolute atomic E-state index is 0.0453. The van der Waals surface area contributed by atoms with E-state index in [-0.39, 0.29) is 24.9 Å². The number of nitrogens with one attached hydrogen (secondary N) is 2. The molecule has 1 unspecified atom stereocenters. The largest absolute Gasteiger partial charge is 0.481 e. The zero-order valence-corrected chi connectivity index (χ0v) is 9.32. The zero-order valence-electron chi connectivity index (χ0n) is 9.32. The molecule has 6 nitrogen and oxygen atoms in total. The van der Waals surface area contributed by atoms with Gasteiger partial charge in [-0.1, -0.05) is 0 Å². The maximum Gasteiger partial charge on any atom is 0.306 e. The molecule has 1 rings (SSSR count). The summed E-state index contributed by atoms with van der Waals surface area (Å²) in [6, 6.07) is -0.208. The maximum absolute atomic E-state index is 11.5. The Morgan fingerprint density at radius 2 is 2.25 bits per heavy atom. The molecule has 92 valence electrons. The van der Waals surface area contributed by atoms with E-state index in [0.717, 1.165) is 19.4 Å². The molecule has 4 N–H and O–H groups in total. The van der Waals surface area contributed by atoms with Gasteiger partial charge in [0.15, 0.2) is 0 Å². The number of carbonyl (C=O) groups excluding carboxylic acids is 1. The Kier molecular flexibility index (Phi) is 4.26. The Labute approximate surface area is 94.0 Å². The third-order valence-electron chi connectivity index (χ3n) is 2.55. The summed E-state index contributed by atoms with van der Waals surface area (Å²) >= 11 is 0. The molecule has 0 aromatic heterocycles. The van der Waals surface area contributed by atoms with Gasteiger partial charge in [0.05, 0.1) is 18.1 Å². The Morgan fingerprint density at radius 1 is 1.56 bits per heavy atom. The molecule has 1 aliphatic rings. The molecule has 0 aliphatic carbocycles. The molecule has 6 heteroatoms. The number of aliphatic hydroxyl groups is 1. The van der Waals surface area contributed by atoms with Crippen LogP contribution in [0, 0.1) is 0 Å². The van der Waals surface area contributed by atoms with Crippen molar-refractivity contribution in [1.82, 2.24) is 10.6 Å². The van der Waals surface area contributed by atoms with Crippen molar-refractivity contribution in [2.45, 2.75) is 37.8 Å². The average Bonchev–Trinajstić information content (AvgIpc) is 2.64. The number of rotatable bonds is 5. The highest BCUT2D eigenvalue weighted by atomic mass is 16.4. The van der Waals surface area contributed by atoms with Gasteiger partial charge in [-0.25, -0.2) is 0 Å². The van der Waals surface area contributed by atoms with Crippen LogP contribution in [0.3, 0.4) is 0 Å². The SMILES string of the molecule is CC(O)(CNC(=O)[C@H]1CCCN1)CC(=O)O. The summed E-state index contributed by atoms with van der Waals surface area (Å²) in [6.45, 7) is 2.17. The molecule has 1 aliphatic heterocycles. The smallest absolute Gasteiger partial charge is 0.306 e. The molecule has 0 aromatic rings. The van der Waals surface area contributed by atoms with Gasteiger partial charge in [-0.3, -0.25) is 9.59 Å². The first-order valence-corrected chi connectivity index (χ1v) is 5.36. The molecule has 2 atom stereocenters. The zero-order chi connectivity index (χ0) is 12.2. The molecule has 1 fully saturated rings. The van der Waals surface area contributed by atoms with E-state index in [0.29, 0.717) is 0 Å². The summed E-state index contributed by atoms with van der Waals surface area (Å²) in [4.78, 5) is 22.0. The van der Waals surface area contributed by atoms with Gasteiger partial charge in [0.25, 0.3) is 0 Å². The summed E-state index contributed by atoms with van der Waals surface area (Å²) in [5.41, 5.74) is -1.40. The molecule has 0 bridgehead atoms. The lowest BCUT2D eigenvalue weighted by molar-refractivity contribution is -0.142. The predicted octanol–water partition coefficient (Wildman–Crippen LogP) is -0.920. The molecule has 1 amide bonds. The van der Waals surface area contributed by atoms with Gasteiger partial charge in [-0.2, -0.15) is 0 Å². The van der Waals surface area contributed by atoms with E-state index >= 15 is 0 Å². The molecule has 1 saturated heterocycles. The highest BCUT2D eigenvalue weighted by Gasteiger charge is 2.27. The molecule has 0 radical (unpaired) electrons. The van der Waals surface area contributed by atoms with Crippen molar-refractivity contribution in [3.05, 3.63) is 0 Å². The van der Waals surface area contributed by atoms with Crippen molar-refractivity contribution in [2.24, 2.45) is 0 Å². The Hall–Kier alpha value is -1.14. The summed E-state index contributed by atoms with van der Waals surface area (Å²) in [6.07, 6.45) is 1.36. The first-order chi connectivity index (χ1) is 7.41. The van der Waals surface area contributed by atoms with E-state index in [1.54, 1.807) is 0 Å². The van der Waals surface area contributed by atoms with Gasteiger partial charge in [0.1, 0.15) is 0 Å². The lowest BCUT2D eigenvalue weighted by Crippen LogP contribution is -2.47. The van der Waals surface area contributed by atoms with Gasteiger partial charge in [-0.15, -0.1) is 0 Å². The number of carboxylic acid groups (broad SMARTS) is 1. The Bertz CT molecular complexity index is 272. The van der Waals surface area contributed by atoms with E-state index in [1.807, 2.05) is 0 Å². The molecular formula is C10H18N2O4. The van der Waals surface area contributed by atoms with Crippen molar-refractivity contribution >= 4 is 11.9 Å². The van der Waals surface area contributed by atoms with Gasteiger partial charge < -0.3 is 20.8 Å². The third kappa shape index (κ3) is 4.16. The van der Waals surface area contributed by atoms with Crippen LogP contribution < -0.4 is 10.6 Å². The number of aliphatic carboxylic acids is 1. The number of carboxylic acids is 1. The molecule has 16 heavy (non-hydrogen) atoms. The van der Waals surface area contributed by atoms with E-state index in [9.17, 15) is 14.7 Å². The molecule has 1 heterocycles.